The molecule has 0 aromatic heterocycles. The second-order valence-corrected chi connectivity index (χ2v) is 5.98. The second kappa shape index (κ2) is 6.71. The van der Waals surface area contributed by atoms with Gasteiger partial charge < -0.3 is 10.2 Å². The third-order valence-corrected chi connectivity index (χ3v) is 3.23. The third-order valence-electron chi connectivity index (χ3n) is 3.23. The summed E-state index contributed by atoms with van der Waals surface area (Å²) in [5.74, 6) is 0.113. The van der Waals surface area contributed by atoms with Crippen LogP contribution in [-0.4, -0.2) is 38.0 Å². The lowest BCUT2D eigenvalue weighted by Crippen LogP contribution is -2.31. The summed E-state index contributed by atoms with van der Waals surface area (Å²) in [6.07, 6.45) is 0.969. The summed E-state index contributed by atoms with van der Waals surface area (Å²) in [5.41, 5.74) is 1.92. The fourth-order valence-electron chi connectivity index (χ4n) is 2.12. The van der Waals surface area contributed by atoms with Crippen LogP contribution in [0.3, 0.4) is 0 Å². The summed E-state index contributed by atoms with van der Waals surface area (Å²) in [6.45, 7) is 8.12. The van der Waals surface area contributed by atoms with Crippen LogP contribution in [0.4, 0.5) is 0 Å². The highest BCUT2D eigenvalue weighted by Crippen LogP contribution is 2.26. The maximum Gasteiger partial charge on any atom is 0.253 e. The molecule has 0 fully saturated rings. The van der Waals surface area contributed by atoms with Crippen LogP contribution in [0.15, 0.2) is 24.3 Å². The van der Waals surface area contributed by atoms with Crippen LogP contribution < -0.4 is 5.32 Å². The molecule has 19 heavy (non-hydrogen) atoms. The Morgan fingerprint density at radius 1 is 1.26 bits per heavy atom. The van der Waals surface area contributed by atoms with Crippen molar-refractivity contribution in [1.29, 1.82) is 0 Å². The summed E-state index contributed by atoms with van der Waals surface area (Å²) in [7, 11) is 3.80. The number of hydrogen-bond acceptors (Lipinski definition) is 2. The first kappa shape index (κ1) is 15.7. The van der Waals surface area contributed by atoms with Crippen molar-refractivity contribution in [3.8, 4) is 0 Å². The largest absolute Gasteiger partial charge is 0.342 e. The molecule has 106 valence electrons. The summed E-state index contributed by atoms with van der Waals surface area (Å²) in [4.78, 5) is 14.3. The lowest BCUT2D eigenvalue weighted by Gasteiger charge is -2.25. The van der Waals surface area contributed by atoms with Gasteiger partial charge in [-0.3, -0.25) is 4.79 Å². The van der Waals surface area contributed by atoms with Crippen molar-refractivity contribution in [2.45, 2.75) is 32.6 Å². The normalized spacial score (nSPS) is 11.4. The summed E-state index contributed by atoms with van der Waals surface area (Å²) in [5, 5.41) is 3.10. The molecule has 1 rings (SSSR count). The Balaban J connectivity index is 2.88. The molecule has 0 bridgehead atoms. The highest BCUT2D eigenvalue weighted by molar-refractivity contribution is 5.95. The Morgan fingerprint density at radius 3 is 2.47 bits per heavy atom. The van der Waals surface area contributed by atoms with E-state index in [0.29, 0.717) is 0 Å². The van der Waals surface area contributed by atoms with Gasteiger partial charge in [-0.05, 0) is 37.1 Å². The van der Waals surface area contributed by atoms with E-state index in [1.807, 2.05) is 37.2 Å². The SMILES string of the molecule is CNCCCN(C)C(=O)c1ccccc1C(C)(C)C. The van der Waals surface area contributed by atoms with E-state index < -0.39 is 0 Å². The van der Waals surface area contributed by atoms with Crippen LogP contribution >= 0.6 is 0 Å². The zero-order valence-electron chi connectivity index (χ0n) is 12.8. The van der Waals surface area contributed by atoms with Gasteiger partial charge in [-0.1, -0.05) is 39.0 Å². The van der Waals surface area contributed by atoms with Gasteiger partial charge in [-0.15, -0.1) is 0 Å². The second-order valence-electron chi connectivity index (χ2n) is 5.98. The van der Waals surface area contributed by atoms with E-state index in [2.05, 4.69) is 32.2 Å². The van der Waals surface area contributed by atoms with Gasteiger partial charge in [0.25, 0.3) is 5.91 Å². The monoisotopic (exact) mass is 262 g/mol. The van der Waals surface area contributed by atoms with Gasteiger partial charge >= 0.3 is 0 Å². The molecule has 1 aromatic rings. The van der Waals surface area contributed by atoms with Gasteiger partial charge in [0.1, 0.15) is 0 Å². The van der Waals surface area contributed by atoms with Crippen LogP contribution in [-0.2, 0) is 5.41 Å². The minimum atomic E-state index is -0.0158. The van der Waals surface area contributed by atoms with Crippen LogP contribution in [0.5, 0.6) is 0 Å². The van der Waals surface area contributed by atoms with Gasteiger partial charge in [0.2, 0.25) is 0 Å². The molecule has 0 unspecified atom stereocenters. The predicted molar refractivity (Wildman–Crippen MR) is 80.6 cm³/mol. The molecular weight excluding hydrogens is 236 g/mol. The van der Waals surface area contributed by atoms with Crippen molar-refractivity contribution in [2.75, 3.05) is 27.2 Å². The zero-order valence-corrected chi connectivity index (χ0v) is 12.8. The number of carbonyl (C=O) groups excluding carboxylic acids is 1. The van der Waals surface area contributed by atoms with Gasteiger partial charge in [0.15, 0.2) is 0 Å². The topological polar surface area (TPSA) is 32.3 Å². The fraction of sp³-hybridized carbons (Fsp3) is 0.562. The first-order valence-electron chi connectivity index (χ1n) is 6.87. The summed E-state index contributed by atoms with van der Waals surface area (Å²) < 4.78 is 0. The molecule has 1 amide bonds. The molecule has 0 atom stereocenters. The van der Waals surface area contributed by atoms with E-state index in [-0.39, 0.29) is 11.3 Å². The van der Waals surface area contributed by atoms with Crippen molar-refractivity contribution in [3.63, 3.8) is 0 Å². The molecule has 3 heteroatoms. The van der Waals surface area contributed by atoms with Crippen LogP contribution in [0.1, 0.15) is 43.1 Å². The van der Waals surface area contributed by atoms with E-state index in [1.54, 1.807) is 0 Å². The van der Waals surface area contributed by atoms with Gasteiger partial charge in [0, 0.05) is 19.2 Å². The standard InChI is InChI=1S/C16H26N2O/c1-16(2,3)14-10-7-6-9-13(14)15(19)18(5)12-8-11-17-4/h6-7,9-10,17H,8,11-12H2,1-5H3. The predicted octanol–water partition coefficient (Wildman–Crippen LogP) is 2.67. The Hall–Kier alpha value is -1.35. The zero-order chi connectivity index (χ0) is 14.5. The maximum atomic E-state index is 12.5. The lowest BCUT2D eigenvalue weighted by atomic mass is 9.83. The number of amides is 1. The van der Waals surface area contributed by atoms with Crippen molar-refractivity contribution >= 4 is 5.91 Å². The quantitative estimate of drug-likeness (QED) is 0.827. The van der Waals surface area contributed by atoms with E-state index in [1.165, 1.54) is 0 Å². The van der Waals surface area contributed by atoms with Gasteiger partial charge in [-0.25, -0.2) is 0 Å². The minimum Gasteiger partial charge on any atom is -0.342 e. The number of nitrogens with one attached hydrogen (secondary N) is 1. The molecule has 0 saturated carbocycles. The lowest BCUT2D eigenvalue weighted by molar-refractivity contribution is 0.0791. The van der Waals surface area contributed by atoms with Crippen LogP contribution in [0, 0.1) is 0 Å². The molecule has 0 aliphatic carbocycles. The number of rotatable bonds is 5. The average Bonchev–Trinajstić information content (AvgIpc) is 2.37. The van der Waals surface area contributed by atoms with E-state index in [0.717, 1.165) is 30.6 Å². The van der Waals surface area contributed by atoms with Crippen LogP contribution in [0.2, 0.25) is 0 Å². The van der Waals surface area contributed by atoms with Gasteiger partial charge in [0.05, 0.1) is 0 Å². The molecule has 1 N–H and O–H groups in total. The smallest absolute Gasteiger partial charge is 0.253 e. The van der Waals surface area contributed by atoms with E-state index >= 15 is 0 Å². The van der Waals surface area contributed by atoms with Gasteiger partial charge in [-0.2, -0.15) is 0 Å². The van der Waals surface area contributed by atoms with Crippen LogP contribution in [0.25, 0.3) is 0 Å². The Labute approximate surface area is 117 Å². The average molecular weight is 262 g/mol. The fourth-order valence-corrected chi connectivity index (χ4v) is 2.12. The first-order chi connectivity index (χ1) is 8.88. The van der Waals surface area contributed by atoms with Crippen molar-refractivity contribution in [1.82, 2.24) is 10.2 Å². The van der Waals surface area contributed by atoms with Crippen molar-refractivity contribution in [3.05, 3.63) is 35.4 Å². The molecule has 1 aromatic carbocycles. The Morgan fingerprint density at radius 2 is 1.89 bits per heavy atom. The molecule has 0 radical (unpaired) electrons. The van der Waals surface area contributed by atoms with E-state index in [4.69, 9.17) is 0 Å². The number of carbonyl (C=O) groups is 1. The summed E-state index contributed by atoms with van der Waals surface area (Å²) in [6, 6.07) is 7.91. The summed E-state index contributed by atoms with van der Waals surface area (Å²) >= 11 is 0. The third kappa shape index (κ3) is 4.35. The molecule has 0 saturated heterocycles. The molecule has 0 spiro atoms. The van der Waals surface area contributed by atoms with Crippen molar-refractivity contribution < 1.29 is 4.79 Å². The van der Waals surface area contributed by atoms with Crippen molar-refractivity contribution in [2.24, 2.45) is 0 Å². The highest BCUT2D eigenvalue weighted by Gasteiger charge is 2.22. The first-order valence-corrected chi connectivity index (χ1v) is 6.87. The molecule has 0 aliphatic rings. The molecule has 3 nitrogen and oxygen atoms in total. The number of nitrogens with zero attached hydrogens (tertiary/aromatic N) is 1. The number of benzene rings is 1. The number of hydrogen-bond donors (Lipinski definition) is 1. The minimum absolute atomic E-state index is 0.0158. The molecule has 0 aliphatic heterocycles. The highest BCUT2D eigenvalue weighted by atomic mass is 16.2. The van der Waals surface area contributed by atoms with E-state index in [9.17, 15) is 4.79 Å². The Kier molecular flexibility index (Phi) is 5.55. The molecular formula is C16H26N2O. The molecule has 0 heterocycles. The maximum absolute atomic E-state index is 12.5. The Bertz CT molecular complexity index is 421.